The summed E-state index contributed by atoms with van der Waals surface area (Å²) in [6.45, 7) is 2.11. The number of nitrogens with one attached hydrogen (secondary N) is 1. The van der Waals surface area contributed by atoms with Gasteiger partial charge in [0.25, 0.3) is 0 Å². The number of hydrogen-bond donors (Lipinski definition) is 1. The van der Waals surface area contributed by atoms with Gasteiger partial charge < -0.3 is 4.74 Å². The quantitative estimate of drug-likeness (QED) is 0.539. The van der Waals surface area contributed by atoms with Gasteiger partial charge in [-0.2, -0.15) is 12.8 Å². The first-order valence-corrected chi connectivity index (χ1v) is 10.9. The van der Waals surface area contributed by atoms with E-state index in [0.29, 0.717) is 18.6 Å². The molecule has 0 radical (unpaired) electrons. The summed E-state index contributed by atoms with van der Waals surface area (Å²) in [5.41, 5.74) is 0.756. The van der Waals surface area contributed by atoms with Crippen molar-refractivity contribution < 1.29 is 22.7 Å². The lowest BCUT2D eigenvalue weighted by molar-refractivity contribution is -0.127. The molecule has 0 saturated heterocycles. The van der Waals surface area contributed by atoms with Gasteiger partial charge in [-0.15, -0.1) is 0 Å². The predicted molar refractivity (Wildman–Crippen MR) is 110 cm³/mol. The van der Waals surface area contributed by atoms with Crippen LogP contribution >= 0.6 is 11.9 Å². The van der Waals surface area contributed by atoms with Crippen molar-refractivity contribution in [1.82, 2.24) is 9.62 Å². The predicted octanol–water partition coefficient (Wildman–Crippen LogP) is 3.07. The smallest absolute Gasteiger partial charge is 0.311 e. The summed E-state index contributed by atoms with van der Waals surface area (Å²) in [7, 11) is 0.636. The number of amides is 2. The van der Waals surface area contributed by atoms with Gasteiger partial charge in [-0.3, -0.25) is 19.2 Å². The topological polar surface area (TPSA) is 105 Å². The highest BCUT2D eigenvalue weighted by Gasteiger charge is 2.23. The summed E-state index contributed by atoms with van der Waals surface area (Å²) >= 11 is 0.812. The third-order valence-electron chi connectivity index (χ3n) is 4.04. The van der Waals surface area contributed by atoms with Crippen molar-refractivity contribution in [3.05, 3.63) is 29.8 Å². The maximum atomic E-state index is 12.7. The average molecular weight is 430 g/mol. The van der Waals surface area contributed by atoms with Gasteiger partial charge in [0.2, 0.25) is 5.91 Å². The van der Waals surface area contributed by atoms with Crippen LogP contribution in [0.3, 0.4) is 0 Å². The molecule has 0 fully saturated rings. The molecule has 0 aliphatic carbocycles. The zero-order valence-electron chi connectivity index (χ0n) is 16.4. The Bertz CT molecular complexity index is 758. The Hall–Kier alpha value is -1.91. The molecule has 1 unspecified atom stereocenters. The van der Waals surface area contributed by atoms with Gasteiger partial charge in [-0.25, -0.2) is 0 Å². The lowest BCUT2D eigenvalue weighted by atomic mass is 10.1. The van der Waals surface area contributed by atoms with E-state index in [1.165, 1.54) is 0 Å². The second-order valence-electron chi connectivity index (χ2n) is 6.05. The van der Waals surface area contributed by atoms with Crippen molar-refractivity contribution in [2.45, 2.75) is 45.1 Å². The van der Waals surface area contributed by atoms with Crippen molar-refractivity contribution in [3.63, 3.8) is 0 Å². The van der Waals surface area contributed by atoms with E-state index >= 15 is 0 Å². The van der Waals surface area contributed by atoms with Gasteiger partial charge >= 0.3 is 15.7 Å². The molecule has 2 amide bonds. The van der Waals surface area contributed by atoms with E-state index in [9.17, 15) is 18.0 Å². The molecule has 1 aromatic rings. The molecule has 1 aromatic carbocycles. The maximum absolute atomic E-state index is 12.7. The van der Waals surface area contributed by atoms with Crippen LogP contribution in [0.2, 0.25) is 0 Å². The number of unbranched alkanes of at least 4 members (excludes halogenated alkanes) is 1. The summed E-state index contributed by atoms with van der Waals surface area (Å²) < 4.78 is 33.3. The van der Waals surface area contributed by atoms with Gasteiger partial charge in [0, 0.05) is 18.5 Å². The first-order valence-electron chi connectivity index (χ1n) is 9.02. The molecule has 0 aliphatic heterocycles. The number of nitrogens with zero attached hydrogens (tertiary/aromatic N) is 2. The third kappa shape index (κ3) is 8.85. The Morgan fingerprint density at radius 2 is 1.93 bits per heavy atom. The van der Waals surface area contributed by atoms with Crippen LogP contribution in [0.1, 0.15) is 38.2 Å². The Morgan fingerprint density at radius 1 is 1.25 bits per heavy atom. The first kappa shape index (κ1) is 24.1. The Labute approximate surface area is 171 Å². The third-order valence-corrected chi connectivity index (χ3v) is 5.11. The van der Waals surface area contributed by atoms with Gasteiger partial charge in [-0.1, -0.05) is 31.9 Å². The van der Waals surface area contributed by atoms with Crippen molar-refractivity contribution in [2.24, 2.45) is 4.36 Å². The standard InChI is InChI=1S/C18H27N3O5S2/c1-4-5-6-15(20-28(24)25)11-12-21(18(23)27-19-2)17(22)13-14-7-9-16(26-3)10-8-14/h7-10,15,19H,4-6,11-13H2,1-3H3. The van der Waals surface area contributed by atoms with Crippen LogP contribution < -0.4 is 9.46 Å². The molecule has 8 nitrogen and oxygen atoms in total. The van der Waals surface area contributed by atoms with E-state index < -0.39 is 21.8 Å². The van der Waals surface area contributed by atoms with E-state index in [-0.39, 0.29) is 18.9 Å². The summed E-state index contributed by atoms with van der Waals surface area (Å²) in [5.74, 6) is 0.330. The number of imide groups is 1. The minimum Gasteiger partial charge on any atom is -0.497 e. The Balaban J connectivity index is 2.86. The molecule has 0 heterocycles. The molecule has 10 heteroatoms. The number of rotatable bonds is 11. The molecular weight excluding hydrogens is 402 g/mol. The summed E-state index contributed by atoms with van der Waals surface area (Å²) in [6.07, 6.45) is 2.69. The fourth-order valence-corrected chi connectivity index (χ4v) is 3.50. The Morgan fingerprint density at radius 3 is 2.46 bits per heavy atom. The van der Waals surface area contributed by atoms with Crippen LogP contribution in [-0.2, 0) is 21.7 Å². The number of hydrogen-bond acceptors (Lipinski definition) is 8. The van der Waals surface area contributed by atoms with Crippen molar-refractivity contribution >= 4 is 33.6 Å². The summed E-state index contributed by atoms with van der Waals surface area (Å²) in [5, 5.41) is -0.432. The number of carbonyl (C=O) groups is 2. The van der Waals surface area contributed by atoms with Crippen LogP contribution in [0, 0.1) is 0 Å². The molecule has 0 aliphatic rings. The summed E-state index contributed by atoms with van der Waals surface area (Å²) in [6, 6.07) is 6.59. The highest BCUT2D eigenvalue weighted by molar-refractivity contribution is 8.11. The zero-order chi connectivity index (χ0) is 20.9. The van der Waals surface area contributed by atoms with Gasteiger partial charge in [0.05, 0.1) is 19.6 Å². The fourth-order valence-electron chi connectivity index (χ4n) is 2.56. The molecule has 1 atom stereocenters. The van der Waals surface area contributed by atoms with Gasteiger partial charge in [-0.05, 0) is 37.6 Å². The van der Waals surface area contributed by atoms with Crippen LogP contribution in [0.4, 0.5) is 4.79 Å². The minimum atomic E-state index is -2.52. The monoisotopic (exact) mass is 429 g/mol. The van der Waals surface area contributed by atoms with Crippen LogP contribution in [-0.4, -0.2) is 51.2 Å². The number of carbonyl (C=O) groups excluding carboxylic acids is 2. The molecule has 0 aromatic heterocycles. The van der Waals surface area contributed by atoms with Gasteiger partial charge in [0.15, 0.2) is 0 Å². The van der Waals surface area contributed by atoms with E-state index in [1.54, 1.807) is 38.4 Å². The molecule has 156 valence electrons. The molecule has 1 rings (SSSR count). The second kappa shape index (κ2) is 13.3. The largest absolute Gasteiger partial charge is 0.497 e. The number of benzene rings is 1. The van der Waals surface area contributed by atoms with E-state index in [0.717, 1.165) is 35.3 Å². The van der Waals surface area contributed by atoms with Crippen molar-refractivity contribution in [3.8, 4) is 5.75 Å². The highest BCUT2D eigenvalue weighted by atomic mass is 32.2. The van der Waals surface area contributed by atoms with Gasteiger partial charge in [0.1, 0.15) is 5.75 Å². The van der Waals surface area contributed by atoms with E-state index in [1.807, 2.05) is 6.92 Å². The molecule has 28 heavy (non-hydrogen) atoms. The average Bonchev–Trinajstić information content (AvgIpc) is 2.66. The minimum absolute atomic E-state index is 0.0598. The molecule has 1 N–H and O–H groups in total. The highest BCUT2D eigenvalue weighted by Crippen LogP contribution is 2.16. The lowest BCUT2D eigenvalue weighted by Gasteiger charge is -2.21. The fraction of sp³-hybridized carbons (Fsp3) is 0.556. The number of ether oxygens (including phenoxy) is 1. The lowest BCUT2D eigenvalue weighted by Crippen LogP contribution is -2.38. The van der Waals surface area contributed by atoms with Crippen molar-refractivity contribution in [1.29, 1.82) is 0 Å². The first-order chi connectivity index (χ1) is 13.4. The van der Waals surface area contributed by atoms with Crippen LogP contribution in [0.15, 0.2) is 28.6 Å². The van der Waals surface area contributed by atoms with Crippen molar-refractivity contribution in [2.75, 3.05) is 20.7 Å². The maximum Gasteiger partial charge on any atom is 0.311 e. The normalized spacial score (nSPS) is 11.5. The summed E-state index contributed by atoms with van der Waals surface area (Å²) in [4.78, 5) is 26.2. The number of methoxy groups -OCH3 is 1. The van der Waals surface area contributed by atoms with Crippen LogP contribution in [0.25, 0.3) is 0 Å². The SMILES string of the molecule is CCCCC(CCN(C(=O)Cc1ccc(OC)cc1)C(=O)SNC)N=S(=O)=O. The van der Waals surface area contributed by atoms with Crippen LogP contribution in [0.5, 0.6) is 5.75 Å². The zero-order valence-corrected chi connectivity index (χ0v) is 18.0. The molecule has 0 bridgehead atoms. The Kier molecular flexibility index (Phi) is 11.5. The van der Waals surface area contributed by atoms with E-state index in [2.05, 4.69) is 9.08 Å². The molecule has 0 spiro atoms. The molecular formula is C18H27N3O5S2. The molecule has 0 saturated carbocycles. The van der Waals surface area contributed by atoms with E-state index in [4.69, 9.17) is 4.74 Å². The second-order valence-corrected chi connectivity index (χ2v) is 7.66.